The van der Waals surface area contributed by atoms with E-state index in [-0.39, 0.29) is 11.0 Å². The maximum absolute atomic E-state index is 6.39. The van der Waals surface area contributed by atoms with Crippen LogP contribution in [0.1, 0.15) is 58.7 Å². The molecule has 1 aromatic rings. The average Bonchev–Trinajstić information content (AvgIpc) is 2.53. The van der Waals surface area contributed by atoms with Crippen molar-refractivity contribution in [3.8, 4) is 0 Å². The topological polar surface area (TPSA) is 29.9 Å². The summed E-state index contributed by atoms with van der Waals surface area (Å²) in [5.41, 5.74) is 2.60. The van der Waals surface area contributed by atoms with Crippen LogP contribution in [-0.4, -0.2) is 21.9 Å². The van der Waals surface area contributed by atoms with Gasteiger partial charge in [0.25, 0.3) is 0 Å². The van der Waals surface area contributed by atoms with Gasteiger partial charge in [-0.25, -0.2) is 0 Å². The Morgan fingerprint density at radius 1 is 1.25 bits per heavy atom. The number of nitrogens with zero attached hydrogens (tertiary/aromatic N) is 2. The van der Waals surface area contributed by atoms with E-state index in [2.05, 4.69) is 45.0 Å². The number of aromatic nitrogens is 2. The van der Waals surface area contributed by atoms with E-state index in [1.165, 1.54) is 18.4 Å². The molecule has 1 heterocycles. The van der Waals surface area contributed by atoms with Crippen molar-refractivity contribution in [3.05, 3.63) is 16.4 Å². The van der Waals surface area contributed by atoms with Crippen LogP contribution in [0.2, 0.25) is 5.15 Å². The zero-order valence-corrected chi connectivity index (χ0v) is 14.9. The van der Waals surface area contributed by atoms with Crippen LogP contribution < -0.4 is 5.32 Å². The Morgan fingerprint density at radius 2 is 1.85 bits per heavy atom. The molecule has 0 radical (unpaired) electrons. The lowest BCUT2D eigenvalue weighted by Crippen LogP contribution is -2.43. The smallest absolute Gasteiger partial charge is 0.130 e. The van der Waals surface area contributed by atoms with E-state index in [1.54, 1.807) is 4.68 Å². The van der Waals surface area contributed by atoms with Crippen molar-refractivity contribution in [1.82, 2.24) is 15.1 Å². The van der Waals surface area contributed by atoms with Crippen LogP contribution in [0.4, 0.5) is 0 Å². The Bertz CT molecular complexity index is 445. The van der Waals surface area contributed by atoms with Crippen LogP contribution in [0.5, 0.6) is 0 Å². The van der Waals surface area contributed by atoms with Gasteiger partial charge in [-0.3, -0.25) is 4.68 Å². The van der Waals surface area contributed by atoms with Crippen LogP contribution in [0, 0.1) is 12.3 Å². The molecular formula is C16H30ClN3. The fourth-order valence-corrected chi connectivity index (χ4v) is 2.86. The summed E-state index contributed by atoms with van der Waals surface area (Å²) < 4.78 is 1.77. The number of hydrogen-bond donors (Lipinski definition) is 1. The highest BCUT2D eigenvalue weighted by atomic mass is 35.5. The van der Waals surface area contributed by atoms with Crippen LogP contribution >= 0.6 is 11.6 Å². The van der Waals surface area contributed by atoms with E-state index in [1.807, 2.05) is 14.0 Å². The predicted molar refractivity (Wildman–Crippen MR) is 87.4 cm³/mol. The highest BCUT2D eigenvalue weighted by Crippen LogP contribution is 2.32. The lowest BCUT2D eigenvalue weighted by molar-refractivity contribution is 0.243. The van der Waals surface area contributed by atoms with Gasteiger partial charge in [-0.1, -0.05) is 31.9 Å². The van der Waals surface area contributed by atoms with E-state index in [0.29, 0.717) is 0 Å². The van der Waals surface area contributed by atoms with Crippen LogP contribution in [0.15, 0.2) is 0 Å². The van der Waals surface area contributed by atoms with E-state index < -0.39 is 0 Å². The normalized spacial score (nSPS) is 15.4. The van der Waals surface area contributed by atoms with E-state index in [4.69, 9.17) is 11.6 Å². The number of nitrogens with one attached hydrogen (secondary N) is 1. The van der Waals surface area contributed by atoms with Crippen molar-refractivity contribution >= 4 is 11.6 Å². The van der Waals surface area contributed by atoms with Gasteiger partial charge in [-0.05, 0) is 46.0 Å². The first-order chi connectivity index (χ1) is 9.08. The predicted octanol–water partition coefficient (Wildman–Crippen LogP) is 4.12. The first-order valence-corrected chi connectivity index (χ1v) is 7.89. The minimum Gasteiger partial charge on any atom is -0.312 e. The Labute approximate surface area is 129 Å². The van der Waals surface area contributed by atoms with E-state index in [9.17, 15) is 0 Å². The van der Waals surface area contributed by atoms with Gasteiger partial charge in [-0.15, -0.1) is 0 Å². The minimum atomic E-state index is 0.142. The Morgan fingerprint density at radius 3 is 2.25 bits per heavy atom. The van der Waals surface area contributed by atoms with Crippen molar-refractivity contribution < 1.29 is 0 Å². The van der Waals surface area contributed by atoms with Gasteiger partial charge >= 0.3 is 0 Å². The van der Waals surface area contributed by atoms with Crippen molar-refractivity contribution in [2.24, 2.45) is 12.5 Å². The van der Waals surface area contributed by atoms with E-state index in [0.717, 1.165) is 23.8 Å². The SMILES string of the molecule is CCCC(C)(CNC(C)(C)C)Cc1c(C)nn(C)c1Cl. The maximum Gasteiger partial charge on any atom is 0.130 e. The lowest BCUT2D eigenvalue weighted by Gasteiger charge is -2.34. The van der Waals surface area contributed by atoms with Gasteiger partial charge < -0.3 is 5.32 Å². The average molecular weight is 300 g/mol. The standard InChI is InChI=1S/C16H30ClN3/c1-8-9-16(6,11-18-15(3,4)5)10-13-12(2)19-20(7)14(13)17/h18H,8-11H2,1-7H3. The van der Waals surface area contributed by atoms with Gasteiger partial charge in [0, 0.05) is 24.7 Å². The molecular weight excluding hydrogens is 270 g/mol. The lowest BCUT2D eigenvalue weighted by atomic mass is 9.79. The molecule has 0 amide bonds. The Hall–Kier alpha value is -0.540. The zero-order chi connectivity index (χ0) is 15.6. The quantitative estimate of drug-likeness (QED) is 0.856. The molecule has 3 nitrogen and oxygen atoms in total. The summed E-state index contributed by atoms with van der Waals surface area (Å²) >= 11 is 6.39. The molecule has 0 aliphatic rings. The first kappa shape index (κ1) is 17.5. The highest BCUT2D eigenvalue weighted by Gasteiger charge is 2.28. The van der Waals surface area contributed by atoms with Crippen molar-refractivity contribution in [2.45, 2.75) is 66.3 Å². The molecule has 0 saturated heterocycles. The Balaban J connectivity index is 2.90. The van der Waals surface area contributed by atoms with Gasteiger partial charge in [0.15, 0.2) is 0 Å². The number of halogens is 1. The molecule has 1 unspecified atom stereocenters. The molecule has 0 bridgehead atoms. The molecule has 0 fully saturated rings. The summed E-state index contributed by atoms with van der Waals surface area (Å²) in [6, 6.07) is 0. The van der Waals surface area contributed by atoms with Crippen molar-refractivity contribution in [2.75, 3.05) is 6.54 Å². The third kappa shape index (κ3) is 4.78. The molecule has 0 aliphatic heterocycles. The van der Waals surface area contributed by atoms with Gasteiger partial charge in [-0.2, -0.15) is 5.10 Å². The van der Waals surface area contributed by atoms with Gasteiger partial charge in [0.2, 0.25) is 0 Å². The molecule has 1 aromatic heterocycles. The summed E-state index contributed by atoms with van der Waals surface area (Å²) in [5, 5.41) is 8.85. The van der Waals surface area contributed by atoms with Gasteiger partial charge in [0.1, 0.15) is 5.15 Å². The van der Waals surface area contributed by atoms with Crippen molar-refractivity contribution in [3.63, 3.8) is 0 Å². The summed E-state index contributed by atoms with van der Waals surface area (Å²) in [7, 11) is 1.91. The molecule has 0 aliphatic carbocycles. The third-order valence-corrected chi connectivity index (χ3v) is 4.25. The fraction of sp³-hybridized carbons (Fsp3) is 0.812. The van der Waals surface area contributed by atoms with Crippen LogP contribution in [0.25, 0.3) is 0 Å². The summed E-state index contributed by atoms with van der Waals surface area (Å²) in [6.07, 6.45) is 3.34. The molecule has 0 aromatic carbocycles. The number of hydrogen-bond acceptors (Lipinski definition) is 2. The van der Waals surface area contributed by atoms with Crippen LogP contribution in [-0.2, 0) is 13.5 Å². The molecule has 0 spiro atoms. The second-order valence-electron chi connectivity index (χ2n) is 7.32. The maximum atomic E-state index is 6.39. The first-order valence-electron chi connectivity index (χ1n) is 7.51. The van der Waals surface area contributed by atoms with E-state index >= 15 is 0 Å². The summed E-state index contributed by atoms with van der Waals surface area (Å²) in [5.74, 6) is 0. The number of aryl methyl sites for hydroxylation is 2. The molecule has 1 atom stereocenters. The molecule has 1 rings (SSSR count). The summed E-state index contributed by atoms with van der Waals surface area (Å²) in [4.78, 5) is 0. The molecule has 4 heteroatoms. The van der Waals surface area contributed by atoms with Crippen LogP contribution in [0.3, 0.4) is 0 Å². The fourth-order valence-electron chi connectivity index (χ4n) is 2.62. The minimum absolute atomic E-state index is 0.142. The second-order valence-corrected chi connectivity index (χ2v) is 7.68. The largest absolute Gasteiger partial charge is 0.312 e. The van der Waals surface area contributed by atoms with Gasteiger partial charge in [0.05, 0.1) is 5.69 Å². The number of rotatable bonds is 6. The summed E-state index contributed by atoms with van der Waals surface area (Å²) in [6.45, 7) is 14.3. The monoisotopic (exact) mass is 299 g/mol. The molecule has 20 heavy (non-hydrogen) atoms. The Kier molecular flexibility index (Phi) is 5.68. The third-order valence-electron chi connectivity index (χ3n) is 3.77. The molecule has 0 saturated carbocycles. The molecule has 116 valence electrons. The van der Waals surface area contributed by atoms with Crippen molar-refractivity contribution in [1.29, 1.82) is 0 Å². The molecule has 1 N–H and O–H groups in total. The highest BCUT2D eigenvalue weighted by molar-refractivity contribution is 6.30. The zero-order valence-electron chi connectivity index (χ0n) is 14.1. The second kappa shape index (κ2) is 6.48.